The molecule has 2 rings (SSSR count). The summed E-state index contributed by atoms with van der Waals surface area (Å²) in [6, 6.07) is 7.53. The van der Waals surface area contributed by atoms with Crippen molar-refractivity contribution in [3.63, 3.8) is 0 Å². The average Bonchev–Trinajstić information content (AvgIpc) is 3.19. The largest absolute Gasteiger partial charge is 0.494 e. The molecule has 2 aromatic rings. The zero-order valence-corrected chi connectivity index (χ0v) is 18.6. The summed E-state index contributed by atoms with van der Waals surface area (Å²) < 4.78 is 10.8. The second-order valence-electron chi connectivity index (χ2n) is 6.92. The maximum absolute atomic E-state index is 13.0. The summed E-state index contributed by atoms with van der Waals surface area (Å²) in [4.78, 5) is 28.9. The lowest BCUT2D eigenvalue weighted by molar-refractivity contribution is -0.151. The van der Waals surface area contributed by atoms with Gasteiger partial charge in [-0.2, -0.15) is 0 Å². The third-order valence-corrected chi connectivity index (χ3v) is 5.56. The van der Waals surface area contributed by atoms with Crippen LogP contribution in [0.2, 0.25) is 0 Å². The summed E-state index contributed by atoms with van der Waals surface area (Å²) in [5.74, 6) is -0.557. The van der Waals surface area contributed by atoms with Gasteiger partial charge in [-0.3, -0.25) is 9.59 Å². The maximum atomic E-state index is 13.0. The summed E-state index contributed by atoms with van der Waals surface area (Å²) in [6.07, 6.45) is 2.20. The van der Waals surface area contributed by atoms with Crippen LogP contribution in [0.3, 0.4) is 0 Å². The Bertz CT molecular complexity index is 821. The fourth-order valence-corrected chi connectivity index (χ4v) is 4.06. The van der Waals surface area contributed by atoms with Gasteiger partial charge in [-0.05, 0) is 51.0 Å². The van der Waals surface area contributed by atoms with Gasteiger partial charge < -0.3 is 19.9 Å². The molecule has 2 N–H and O–H groups in total. The molecule has 0 aliphatic rings. The first kappa shape index (κ1) is 23.7. The van der Waals surface area contributed by atoms with E-state index in [0.717, 1.165) is 24.3 Å². The fourth-order valence-electron chi connectivity index (χ4n) is 3.23. The monoisotopic (exact) mass is 434 g/mol. The van der Waals surface area contributed by atoms with Crippen molar-refractivity contribution in [2.24, 2.45) is 0 Å². The highest BCUT2D eigenvalue weighted by Gasteiger charge is 2.43. The van der Waals surface area contributed by atoms with Crippen LogP contribution in [0.4, 0.5) is 10.8 Å². The highest BCUT2D eigenvalue weighted by Crippen LogP contribution is 2.38. The molecule has 0 amide bonds. The van der Waals surface area contributed by atoms with Crippen molar-refractivity contribution in [1.82, 2.24) is 4.98 Å². The SMILES string of the molecule is CCCC[C@@](CCC(=O)O)(C(=O)OCC)c1csc(Nc2ccc(OCC)cc2)n1. The molecule has 0 aliphatic heterocycles. The van der Waals surface area contributed by atoms with Crippen LogP contribution in [0.15, 0.2) is 29.6 Å². The number of carboxylic acid groups (broad SMARTS) is 1. The van der Waals surface area contributed by atoms with Gasteiger partial charge in [0, 0.05) is 17.5 Å². The zero-order valence-electron chi connectivity index (χ0n) is 17.8. The normalized spacial score (nSPS) is 12.8. The Kier molecular flexibility index (Phi) is 9.11. The predicted octanol–water partition coefficient (Wildman–Crippen LogP) is 5.14. The Morgan fingerprint density at radius 2 is 1.87 bits per heavy atom. The maximum Gasteiger partial charge on any atom is 0.318 e. The number of hydrogen-bond acceptors (Lipinski definition) is 7. The number of carbonyl (C=O) groups excluding carboxylic acids is 1. The second-order valence-corrected chi connectivity index (χ2v) is 7.78. The Balaban J connectivity index is 2.30. The number of carbonyl (C=O) groups is 2. The molecular formula is C22H30N2O5S. The van der Waals surface area contributed by atoms with Crippen molar-refractivity contribution < 1.29 is 24.2 Å². The number of carboxylic acids is 1. The number of rotatable bonds is 13. The van der Waals surface area contributed by atoms with Crippen LogP contribution >= 0.6 is 11.3 Å². The third-order valence-electron chi connectivity index (χ3n) is 4.80. The van der Waals surface area contributed by atoms with E-state index in [0.29, 0.717) is 23.9 Å². The number of anilines is 2. The van der Waals surface area contributed by atoms with Crippen LogP contribution in [0.25, 0.3) is 0 Å². The van der Waals surface area contributed by atoms with Crippen LogP contribution in [0.5, 0.6) is 5.75 Å². The number of aliphatic carboxylic acids is 1. The molecule has 0 fully saturated rings. The molecule has 1 aromatic heterocycles. The molecule has 1 heterocycles. The van der Waals surface area contributed by atoms with Crippen LogP contribution < -0.4 is 10.1 Å². The third kappa shape index (κ3) is 6.19. The minimum absolute atomic E-state index is 0.123. The van der Waals surface area contributed by atoms with Gasteiger partial charge >= 0.3 is 11.9 Å². The number of esters is 1. The van der Waals surface area contributed by atoms with Gasteiger partial charge in [0.05, 0.1) is 18.9 Å². The van der Waals surface area contributed by atoms with Gasteiger partial charge in [0.1, 0.15) is 11.2 Å². The van der Waals surface area contributed by atoms with Crippen molar-refractivity contribution in [2.45, 2.75) is 58.3 Å². The van der Waals surface area contributed by atoms with Gasteiger partial charge in [-0.15, -0.1) is 11.3 Å². The van der Waals surface area contributed by atoms with Gasteiger partial charge in [0.25, 0.3) is 0 Å². The second kappa shape index (κ2) is 11.5. The van der Waals surface area contributed by atoms with Crippen molar-refractivity contribution >= 4 is 34.1 Å². The standard InChI is InChI=1S/C22H30N2O5S/c1-4-7-13-22(14-12-19(25)26,20(27)29-6-3)18-15-30-21(24-18)23-16-8-10-17(11-9-16)28-5-2/h8-11,15H,4-7,12-14H2,1-3H3,(H,23,24)(H,25,26)/t22-/m0/s1. The van der Waals surface area contributed by atoms with Crippen LogP contribution in [0.1, 0.15) is 58.6 Å². The molecule has 0 spiro atoms. The summed E-state index contributed by atoms with van der Waals surface area (Å²) in [7, 11) is 0. The molecule has 1 aromatic carbocycles. The Morgan fingerprint density at radius 3 is 2.47 bits per heavy atom. The van der Waals surface area contributed by atoms with Gasteiger partial charge in [0.15, 0.2) is 5.13 Å². The molecule has 0 aliphatic carbocycles. The lowest BCUT2D eigenvalue weighted by Gasteiger charge is -2.29. The molecule has 164 valence electrons. The summed E-state index contributed by atoms with van der Waals surface area (Å²) in [6.45, 7) is 6.56. The molecule has 1 atom stereocenters. The number of aromatic nitrogens is 1. The van der Waals surface area contributed by atoms with E-state index in [-0.39, 0.29) is 19.4 Å². The average molecular weight is 435 g/mol. The molecule has 0 unspecified atom stereocenters. The number of hydrogen-bond donors (Lipinski definition) is 2. The van der Waals surface area contributed by atoms with E-state index >= 15 is 0 Å². The first-order chi connectivity index (χ1) is 14.4. The lowest BCUT2D eigenvalue weighted by Crippen LogP contribution is -2.38. The van der Waals surface area contributed by atoms with Gasteiger partial charge in [-0.1, -0.05) is 19.8 Å². The van der Waals surface area contributed by atoms with Crippen LogP contribution in [0, 0.1) is 0 Å². The van der Waals surface area contributed by atoms with Crippen molar-refractivity contribution in [3.05, 3.63) is 35.3 Å². The molecule has 0 radical (unpaired) electrons. The Labute approximate surface area is 181 Å². The van der Waals surface area contributed by atoms with E-state index in [9.17, 15) is 14.7 Å². The highest BCUT2D eigenvalue weighted by atomic mass is 32.1. The number of unbranched alkanes of at least 4 members (excludes halogenated alkanes) is 1. The molecular weight excluding hydrogens is 404 g/mol. The van der Waals surface area contributed by atoms with Gasteiger partial charge in [0.2, 0.25) is 0 Å². The van der Waals surface area contributed by atoms with Crippen molar-refractivity contribution in [1.29, 1.82) is 0 Å². The Hall–Kier alpha value is -2.61. The highest BCUT2D eigenvalue weighted by molar-refractivity contribution is 7.13. The molecule has 30 heavy (non-hydrogen) atoms. The molecule has 0 saturated carbocycles. The van der Waals surface area contributed by atoms with Crippen molar-refractivity contribution in [2.75, 3.05) is 18.5 Å². The van der Waals surface area contributed by atoms with Crippen molar-refractivity contribution in [3.8, 4) is 5.75 Å². The van der Waals surface area contributed by atoms with E-state index in [4.69, 9.17) is 9.47 Å². The zero-order chi connectivity index (χ0) is 22.0. The molecule has 0 bridgehead atoms. The molecule has 0 saturated heterocycles. The van der Waals surface area contributed by atoms with E-state index in [1.54, 1.807) is 6.92 Å². The predicted molar refractivity (Wildman–Crippen MR) is 118 cm³/mol. The number of nitrogens with zero attached hydrogens (tertiary/aromatic N) is 1. The van der Waals surface area contributed by atoms with E-state index in [1.807, 2.05) is 43.5 Å². The van der Waals surface area contributed by atoms with Gasteiger partial charge in [-0.25, -0.2) is 4.98 Å². The number of nitrogens with one attached hydrogen (secondary N) is 1. The summed E-state index contributed by atoms with van der Waals surface area (Å²) in [5, 5.41) is 14.9. The fraction of sp³-hybridized carbons (Fsp3) is 0.500. The summed E-state index contributed by atoms with van der Waals surface area (Å²) >= 11 is 1.38. The first-order valence-corrected chi connectivity index (χ1v) is 11.2. The van der Waals surface area contributed by atoms with E-state index < -0.39 is 17.4 Å². The Morgan fingerprint density at radius 1 is 1.13 bits per heavy atom. The van der Waals surface area contributed by atoms with Crippen LogP contribution in [-0.2, 0) is 19.7 Å². The summed E-state index contributed by atoms with van der Waals surface area (Å²) in [5.41, 5.74) is 0.355. The smallest absolute Gasteiger partial charge is 0.318 e. The minimum atomic E-state index is -1.06. The first-order valence-electron chi connectivity index (χ1n) is 10.3. The minimum Gasteiger partial charge on any atom is -0.494 e. The van der Waals surface area contributed by atoms with E-state index in [2.05, 4.69) is 10.3 Å². The quantitative estimate of drug-likeness (QED) is 0.421. The van der Waals surface area contributed by atoms with Crippen LogP contribution in [-0.4, -0.2) is 35.2 Å². The topological polar surface area (TPSA) is 97.8 Å². The number of thiazole rings is 1. The number of benzene rings is 1. The molecule has 7 nitrogen and oxygen atoms in total. The molecule has 8 heteroatoms. The lowest BCUT2D eigenvalue weighted by atomic mass is 9.76. The number of ether oxygens (including phenoxy) is 2. The van der Waals surface area contributed by atoms with E-state index in [1.165, 1.54) is 11.3 Å².